The first kappa shape index (κ1) is 24.6. The number of hydrogen-bond donors (Lipinski definition) is 0. The molecule has 0 unspecified atom stereocenters. The molecular weight excluding hydrogens is 464 g/mol. The van der Waals surface area contributed by atoms with Crippen molar-refractivity contribution in [2.24, 2.45) is 0 Å². The van der Waals surface area contributed by atoms with E-state index in [1.54, 1.807) is 41.1 Å². The van der Waals surface area contributed by atoms with Gasteiger partial charge in [0.2, 0.25) is 15.9 Å². The lowest BCUT2D eigenvalue weighted by atomic mass is 10.1. The molecule has 34 heavy (non-hydrogen) atoms. The van der Waals surface area contributed by atoms with Gasteiger partial charge in [-0.1, -0.05) is 18.2 Å². The van der Waals surface area contributed by atoms with Gasteiger partial charge in [-0.05, 0) is 67.3 Å². The maximum absolute atomic E-state index is 13.1. The third kappa shape index (κ3) is 5.73. The van der Waals surface area contributed by atoms with E-state index in [4.69, 9.17) is 0 Å². The Morgan fingerprint density at radius 2 is 1.79 bits per heavy atom. The Balaban J connectivity index is 1.29. The van der Waals surface area contributed by atoms with Crippen LogP contribution in [0.5, 0.6) is 5.75 Å². The zero-order valence-electron chi connectivity index (χ0n) is 19.1. The van der Waals surface area contributed by atoms with Gasteiger partial charge in [0.1, 0.15) is 5.75 Å². The Hall–Kier alpha value is -2.56. The summed E-state index contributed by atoms with van der Waals surface area (Å²) in [6.07, 6.45) is 2.97. The number of likely N-dealkylation sites (N-methyl/N-ethyl adjacent to an activating group) is 1. The number of piperazine rings is 1. The highest BCUT2D eigenvalue weighted by Gasteiger charge is 2.31. The summed E-state index contributed by atoms with van der Waals surface area (Å²) >= 11 is 0. The lowest BCUT2D eigenvalue weighted by molar-refractivity contribution is -0.133. The summed E-state index contributed by atoms with van der Waals surface area (Å²) in [4.78, 5) is 16.5. The van der Waals surface area contributed by atoms with Crippen LogP contribution >= 0.6 is 0 Å². The predicted octanol–water partition coefficient (Wildman–Crippen LogP) is 2.74. The number of benzene rings is 2. The topological polar surface area (TPSA) is 70.2 Å². The summed E-state index contributed by atoms with van der Waals surface area (Å²) in [5, 5.41) is 0. The molecule has 0 radical (unpaired) electrons. The lowest BCUT2D eigenvalue weighted by Gasteiger charge is -2.35. The van der Waals surface area contributed by atoms with E-state index in [0.717, 1.165) is 30.4 Å². The molecule has 1 aliphatic heterocycles. The number of nitrogens with zero attached hydrogens (tertiary/aromatic N) is 3. The van der Waals surface area contributed by atoms with Crippen molar-refractivity contribution in [2.45, 2.75) is 37.3 Å². The monoisotopic (exact) mass is 493 g/mol. The first-order chi connectivity index (χ1) is 16.2. The predicted molar refractivity (Wildman–Crippen MR) is 123 cm³/mol. The standard InChI is InChI=1S/C24H29F2N3O4S/c1-27(16-18-4-2-7-21(14-18)33-24(25)26)17-23(30)28-10-12-29(13-11-28)34(31,32)22-9-8-19-5-3-6-20(19)15-22/h2,4,7-9,14-15,24H,3,5-6,10-13,16-17H2,1H3. The van der Waals surface area contributed by atoms with Crippen molar-refractivity contribution in [2.75, 3.05) is 39.8 Å². The summed E-state index contributed by atoms with van der Waals surface area (Å²) in [5.74, 6) is -0.0232. The number of carbonyl (C=O) groups excluding carboxylic acids is 1. The molecule has 2 aromatic carbocycles. The molecule has 2 aliphatic rings. The van der Waals surface area contributed by atoms with Gasteiger partial charge >= 0.3 is 6.61 Å². The van der Waals surface area contributed by atoms with Crippen molar-refractivity contribution in [3.8, 4) is 5.75 Å². The van der Waals surface area contributed by atoms with E-state index in [1.165, 1.54) is 22.0 Å². The maximum Gasteiger partial charge on any atom is 0.387 e. The normalized spacial score (nSPS) is 16.8. The summed E-state index contributed by atoms with van der Waals surface area (Å²) < 4.78 is 56.9. The highest BCUT2D eigenvalue weighted by Crippen LogP contribution is 2.27. The molecule has 2 aromatic rings. The molecule has 0 atom stereocenters. The molecule has 184 valence electrons. The number of halogens is 2. The molecule has 1 fully saturated rings. The first-order valence-corrected chi connectivity index (χ1v) is 12.8. The molecule has 10 heteroatoms. The Morgan fingerprint density at radius 1 is 1.06 bits per heavy atom. The van der Waals surface area contributed by atoms with Crippen LogP contribution in [0.1, 0.15) is 23.1 Å². The number of rotatable bonds is 8. The fraction of sp³-hybridized carbons (Fsp3) is 0.458. The van der Waals surface area contributed by atoms with E-state index < -0.39 is 16.6 Å². The van der Waals surface area contributed by atoms with Gasteiger partial charge in [-0.25, -0.2) is 8.42 Å². The summed E-state index contributed by atoms with van der Waals surface area (Å²) in [7, 11) is -1.82. The van der Waals surface area contributed by atoms with Crippen molar-refractivity contribution >= 4 is 15.9 Å². The third-order valence-electron chi connectivity index (χ3n) is 6.28. The van der Waals surface area contributed by atoms with E-state index in [0.29, 0.717) is 24.5 Å². The van der Waals surface area contributed by atoms with E-state index in [2.05, 4.69) is 4.74 Å². The number of ether oxygens (including phenoxy) is 1. The van der Waals surface area contributed by atoms with Gasteiger partial charge in [0, 0.05) is 32.7 Å². The number of alkyl halides is 2. The summed E-state index contributed by atoms with van der Waals surface area (Å²) in [6, 6.07) is 11.8. The molecule has 0 bridgehead atoms. The zero-order valence-corrected chi connectivity index (χ0v) is 19.9. The van der Waals surface area contributed by atoms with Crippen LogP contribution in [0.15, 0.2) is 47.4 Å². The number of carbonyl (C=O) groups is 1. The highest BCUT2D eigenvalue weighted by molar-refractivity contribution is 7.89. The second-order valence-corrected chi connectivity index (χ2v) is 10.7. The Labute approximate surface area is 199 Å². The average molecular weight is 494 g/mol. The number of hydrogen-bond acceptors (Lipinski definition) is 5. The number of sulfonamides is 1. The van der Waals surface area contributed by atoms with Crippen LogP contribution in [0, 0.1) is 0 Å². The number of amides is 1. The Morgan fingerprint density at radius 3 is 2.53 bits per heavy atom. The second-order valence-electron chi connectivity index (χ2n) is 8.77. The summed E-state index contributed by atoms with van der Waals surface area (Å²) in [6.45, 7) is -1.21. The van der Waals surface area contributed by atoms with Gasteiger partial charge in [-0.3, -0.25) is 9.69 Å². The molecular formula is C24H29F2N3O4S. The van der Waals surface area contributed by atoms with Gasteiger partial charge in [0.05, 0.1) is 11.4 Å². The van der Waals surface area contributed by atoms with Gasteiger partial charge in [0.25, 0.3) is 0 Å². The lowest BCUT2D eigenvalue weighted by Crippen LogP contribution is -2.52. The molecule has 1 heterocycles. The van der Waals surface area contributed by atoms with Crippen molar-refractivity contribution < 1.29 is 26.7 Å². The van der Waals surface area contributed by atoms with Crippen LogP contribution in [0.2, 0.25) is 0 Å². The van der Waals surface area contributed by atoms with E-state index in [-0.39, 0.29) is 31.3 Å². The van der Waals surface area contributed by atoms with Crippen LogP contribution in [-0.2, 0) is 34.2 Å². The largest absolute Gasteiger partial charge is 0.435 e. The van der Waals surface area contributed by atoms with Crippen molar-refractivity contribution in [3.05, 3.63) is 59.2 Å². The second kappa shape index (κ2) is 10.4. The fourth-order valence-corrected chi connectivity index (χ4v) is 6.03. The minimum Gasteiger partial charge on any atom is -0.435 e. The van der Waals surface area contributed by atoms with E-state index in [1.807, 2.05) is 6.07 Å². The van der Waals surface area contributed by atoms with Gasteiger partial charge < -0.3 is 9.64 Å². The van der Waals surface area contributed by atoms with Crippen molar-refractivity contribution in [3.63, 3.8) is 0 Å². The third-order valence-corrected chi connectivity index (χ3v) is 8.18. The number of fused-ring (bicyclic) bond motifs is 1. The van der Waals surface area contributed by atoms with E-state index >= 15 is 0 Å². The smallest absolute Gasteiger partial charge is 0.387 e. The van der Waals surface area contributed by atoms with Crippen molar-refractivity contribution in [1.82, 2.24) is 14.1 Å². The minimum atomic E-state index is -3.59. The fourth-order valence-electron chi connectivity index (χ4n) is 4.55. The van der Waals surface area contributed by atoms with Crippen LogP contribution in [0.3, 0.4) is 0 Å². The minimum absolute atomic E-state index is 0.0768. The van der Waals surface area contributed by atoms with Crippen LogP contribution in [0.25, 0.3) is 0 Å². The van der Waals surface area contributed by atoms with Gasteiger partial charge in [-0.2, -0.15) is 13.1 Å². The highest BCUT2D eigenvalue weighted by atomic mass is 32.2. The molecule has 0 N–H and O–H groups in total. The zero-order chi connectivity index (χ0) is 24.3. The van der Waals surface area contributed by atoms with Gasteiger partial charge in [-0.15, -0.1) is 0 Å². The van der Waals surface area contributed by atoms with Crippen LogP contribution in [-0.4, -0.2) is 74.8 Å². The Bertz CT molecular complexity index is 1130. The molecule has 1 aliphatic carbocycles. The van der Waals surface area contributed by atoms with Gasteiger partial charge in [0.15, 0.2) is 0 Å². The molecule has 4 rings (SSSR count). The molecule has 0 aromatic heterocycles. The van der Waals surface area contributed by atoms with Crippen LogP contribution < -0.4 is 4.74 Å². The quantitative estimate of drug-likeness (QED) is 0.566. The molecule has 7 nitrogen and oxygen atoms in total. The van der Waals surface area contributed by atoms with Crippen LogP contribution in [0.4, 0.5) is 8.78 Å². The summed E-state index contributed by atoms with van der Waals surface area (Å²) in [5.41, 5.74) is 3.09. The number of aryl methyl sites for hydroxylation is 2. The Kier molecular flexibility index (Phi) is 7.49. The van der Waals surface area contributed by atoms with E-state index in [9.17, 15) is 22.0 Å². The molecule has 0 spiro atoms. The molecule has 0 saturated carbocycles. The SMILES string of the molecule is CN(CC(=O)N1CCN(S(=O)(=O)c2ccc3c(c2)CCC3)CC1)Cc1cccc(OC(F)F)c1. The van der Waals surface area contributed by atoms with Crippen molar-refractivity contribution in [1.29, 1.82) is 0 Å². The maximum atomic E-state index is 13.1. The average Bonchev–Trinajstić information content (AvgIpc) is 3.27. The molecule has 1 saturated heterocycles. The first-order valence-electron chi connectivity index (χ1n) is 11.3. The molecule has 1 amide bonds.